The van der Waals surface area contributed by atoms with Crippen LogP contribution in [0, 0.1) is 17.3 Å². The second-order valence-electron chi connectivity index (χ2n) is 5.55. The van der Waals surface area contributed by atoms with Crippen molar-refractivity contribution in [3.05, 3.63) is 0 Å². The fraction of sp³-hybridized carbons (Fsp3) is 0.923. The summed E-state index contributed by atoms with van der Waals surface area (Å²) in [6, 6.07) is 0. The highest BCUT2D eigenvalue weighted by molar-refractivity contribution is 5.79. The molecule has 0 bridgehead atoms. The van der Waals surface area contributed by atoms with Crippen LogP contribution < -0.4 is 11.1 Å². The molecular formula is C13H26N2O2. The Balaban J connectivity index is 2.32. The summed E-state index contributed by atoms with van der Waals surface area (Å²) in [4.78, 5) is 11.9. The molecule has 1 fully saturated rings. The lowest BCUT2D eigenvalue weighted by atomic mass is 9.94. The van der Waals surface area contributed by atoms with Gasteiger partial charge < -0.3 is 15.8 Å². The van der Waals surface area contributed by atoms with Crippen molar-refractivity contribution < 1.29 is 9.53 Å². The molecule has 4 heteroatoms. The van der Waals surface area contributed by atoms with Gasteiger partial charge in [0.05, 0.1) is 5.92 Å². The highest BCUT2D eigenvalue weighted by Crippen LogP contribution is 2.48. The zero-order valence-corrected chi connectivity index (χ0v) is 11.3. The van der Waals surface area contributed by atoms with Crippen LogP contribution in [0.15, 0.2) is 0 Å². The Morgan fingerprint density at radius 1 is 1.47 bits per heavy atom. The average Bonchev–Trinajstić information content (AvgIpc) is 3.05. The molecule has 17 heavy (non-hydrogen) atoms. The summed E-state index contributed by atoms with van der Waals surface area (Å²) < 4.78 is 5.10. The molecule has 3 N–H and O–H groups in total. The molecule has 0 spiro atoms. The molecule has 100 valence electrons. The Labute approximate surface area is 104 Å². The van der Waals surface area contributed by atoms with E-state index in [2.05, 4.69) is 5.32 Å². The van der Waals surface area contributed by atoms with Crippen molar-refractivity contribution in [1.29, 1.82) is 0 Å². The van der Waals surface area contributed by atoms with E-state index in [9.17, 15) is 4.79 Å². The standard InChI is InChI=1S/C13H26N2O2/c1-10(2)11(8-14)12(16)15-9-13(4-5-13)6-7-17-3/h10-11H,4-9,14H2,1-3H3,(H,15,16). The van der Waals surface area contributed by atoms with Gasteiger partial charge in [-0.05, 0) is 30.6 Å². The SMILES string of the molecule is COCCC1(CNC(=O)C(CN)C(C)C)CC1. The van der Waals surface area contributed by atoms with Gasteiger partial charge in [-0.25, -0.2) is 0 Å². The number of nitrogens with one attached hydrogen (secondary N) is 1. The van der Waals surface area contributed by atoms with Crippen LogP contribution in [0.4, 0.5) is 0 Å². The van der Waals surface area contributed by atoms with E-state index in [0.29, 0.717) is 17.9 Å². The van der Waals surface area contributed by atoms with Crippen LogP contribution in [-0.2, 0) is 9.53 Å². The maximum Gasteiger partial charge on any atom is 0.224 e. The minimum absolute atomic E-state index is 0.0618. The maximum atomic E-state index is 11.9. The fourth-order valence-corrected chi connectivity index (χ4v) is 2.10. The van der Waals surface area contributed by atoms with Crippen molar-refractivity contribution in [3.8, 4) is 0 Å². The molecule has 1 saturated carbocycles. The van der Waals surface area contributed by atoms with Gasteiger partial charge in [0.25, 0.3) is 0 Å². The van der Waals surface area contributed by atoms with Crippen molar-refractivity contribution in [2.75, 3.05) is 26.8 Å². The number of carbonyl (C=O) groups excluding carboxylic acids is 1. The monoisotopic (exact) mass is 242 g/mol. The number of rotatable bonds is 8. The van der Waals surface area contributed by atoms with Crippen molar-refractivity contribution >= 4 is 5.91 Å². The number of amides is 1. The van der Waals surface area contributed by atoms with E-state index in [4.69, 9.17) is 10.5 Å². The second kappa shape index (κ2) is 6.36. The first-order valence-electron chi connectivity index (χ1n) is 6.51. The largest absolute Gasteiger partial charge is 0.385 e. The molecule has 0 radical (unpaired) electrons. The molecule has 1 unspecified atom stereocenters. The van der Waals surface area contributed by atoms with Crippen LogP contribution in [0.3, 0.4) is 0 Å². The molecule has 4 nitrogen and oxygen atoms in total. The Kier molecular flexibility index (Phi) is 5.40. The summed E-state index contributed by atoms with van der Waals surface area (Å²) >= 11 is 0. The number of methoxy groups -OCH3 is 1. The zero-order valence-electron chi connectivity index (χ0n) is 11.3. The van der Waals surface area contributed by atoms with E-state index in [0.717, 1.165) is 19.6 Å². The summed E-state index contributed by atoms with van der Waals surface area (Å²) in [6.45, 7) is 6.05. The molecule has 1 aliphatic carbocycles. The van der Waals surface area contributed by atoms with Gasteiger partial charge in [-0.1, -0.05) is 13.8 Å². The van der Waals surface area contributed by atoms with Crippen molar-refractivity contribution in [2.24, 2.45) is 23.0 Å². The molecule has 0 aromatic heterocycles. The quantitative estimate of drug-likeness (QED) is 0.671. The molecular weight excluding hydrogens is 216 g/mol. The maximum absolute atomic E-state index is 11.9. The number of nitrogens with two attached hydrogens (primary N) is 1. The topological polar surface area (TPSA) is 64.3 Å². The van der Waals surface area contributed by atoms with Crippen LogP contribution >= 0.6 is 0 Å². The predicted molar refractivity (Wildman–Crippen MR) is 68.6 cm³/mol. The molecule has 1 amide bonds. The van der Waals surface area contributed by atoms with E-state index in [1.165, 1.54) is 12.8 Å². The van der Waals surface area contributed by atoms with Crippen LogP contribution in [0.2, 0.25) is 0 Å². The summed E-state index contributed by atoms with van der Waals surface area (Å²) in [6.07, 6.45) is 3.44. The smallest absolute Gasteiger partial charge is 0.224 e. The Hall–Kier alpha value is -0.610. The summed E-state index contributed by atoms with van der Waals surface area (Å²) in [7, 11) is 1.72. The first-order chi connectivity index (χ1) is 8.04. The van der Waals surface area contributed by atoms with Gasteiger partial charge in [-0.2, -0.15) is 0 Å². The lowest BCUT2D eigenvalue weighted by Crippen LogP contribution is -2.40. The van der Waals surface area contributed by atoms with Crippen molar-refractivity contribution in [1.82, 2.24) is 5.32 Å². The molecule has 0 aromatic carbocycles. The molecule has 0 aromatic rings. The molecule has 1 atom stereocenters. The van der Waals surface area contributed by atoms with Crippen molar-refractivity contribution in [3.63, 3.8) is 0 Å². The molecule has 1 rings (SSSR count). The number of carbonyl (C=O) groups is 1. The van der Waals surface area contributed by atoms with Crippen LogP contribution in [0.25, 0.3) is 0 Å². The lowest BCUT2D eigenvalue weighted by Gasteiger charge is -2.21. The fourth-order valence-electron chi connectivity index (χ4n) is 2.10. The molecule has 0 saturated heterocycles. The number of hydrogen-bond donors (Lipinski definition) is 2. The van der Waals surface area contributed by atoms with E-state index in [1.54, 1.807) is 7.11 Å². The van der Waals surface area contributed by atoms with Crippen molar-refractivity contribution in [2.45, 2.75) is 33.1 Å². The number of ether oxygens (including phenoxy) is 1. The highest BCUT2D eigenvalue weighted by atomic mass is 16.5. The van der Waals surface area contributed by atoms with Gasteiger partial charge >= 0.3 is 0 Å². The third-order valence-corrected chi connectivity index (χ3v) is 3.83. The first kappa shape index (κ1) is 14.5. The Morgan fingerprint density at radius 3 is 2.53 bits per heavy atom. The summed E-state index contributed by atoms with van der Waals surface area (Å²) in [5, 5.41) is 3.05. The van der Waals surface area contributed by atoms with Gasteiger partial charge in [0, 0.05) is 26.8 Å². The van der Waals surface area contributed by atoms with E-state index < -0.39 is 0 Å². The minimum atomic E-state index is -0.0618. The third-order valence-electron chi connectivity index (χ3n) is 3.83. The van der Waals surface area contributed by atoms with Crippen LogP contribution in [-0.4, -0.2) is 32.7 Å². The lowest BCUT2D eigenvalue weighted by molar-refractivity contribution is -0.126. The van der Waals surface area contributed by atoms with E-state index in [1.807, 2.05) is 13.8 Å². The van der Waals surface area contributed by atoms with Gasteiger partial charge in [0.15, 0.2) is 0 Å². The Morgan fingerprint density at radius 2 is 2.12 bits per heavy atom. The minimum Gasteiger partial charge on any atom is -0.385 e. The van der Waals surface area contributed by atoms with Gasteiger partial charge in [0.2, 0.25) is 5.91 Å². The predicted octanol–water partition coefficient (Wildman–Crippen LogP) is 1.15. The van der Waals surface area contributed by atoms with Gasteiger partial charge in [-0.3, -0.25) is 4.79 Å². The normalized spacial score (nSPS) is 19.1. The second-order valence-corrected chi connectivity index (χ2v) is 5.55. The van der Waals surface area contributed by atoms with E-state index >= 15 is 0 Å². The molecule has 0 heterocycles. The van der Waals surface area contributed by atoms with Crippen LogP contribution in [0.5, 0.6) is 0 Å². The first-order valence-corrected chi connectivity index (χ1v) is 6.51. The van der Waals surface area contributed by atoms with E-state index in [-0.39, 0.29) is 11.8 Å². The van der Waals surface area contributed by atoms with Gasteiger partial charge in [0.1, 0.15) is 0 Å². The highest BCUT2D eigenvalue weighted by Gasteiger charge is 2.42. The Bertz CT molecular complexity index is 250. The molecule has 1 aliphatic rings. The average molecular weight is 242 g/mol. The van der Waals surface area contributed by atoms with Crippen LogP contribution in [0.1, 0.15) is 33.1 Å². The number of hydrogen-bond acceptors (Lipinski definition) is 3. The van der Waals surface area contributed by atoms with Gasteiger partial charge in [-0.15, -0.1) is 0 Å². The zero-order chi connectivity index (χ0) is 12.9. The molecule has 0 aliphatic heterocycles. The summed E-state index contributed by atoms with van der Waals surface area (Å²) in [5.41, 5.74) is 5.94. The summed E-state index contributed by atoms with van der Waals surface area (Å²) in [5.74, 6) is 0.341. The third kappa shape index (κ3) is 4.28.